The molecule has 0 aromatic heterocycles. The predicted octanol–water partition coefficient (Wildman–Crippen LogP) is 2.23. The van der Waals surface area contributed by atoms with Crippen LogP contribution in [-0.4, -0.2) is 46.4 Å². The molecule has 1 aliphatic heterocycles. The van der Waals surface area contributed by atoms with Crippen molar-refractivity contribution in [2.75, 3.05) is 14.1 Å². The average molecular weight is 281 g/mol. The second-order valence-corrected chi connectivity index (χ2v) is 10.8. The molecule has 0 unspecified atom stereocenters. The lowest BCUT2D eigenvalue weighted by atomic mass is 10.1. The Morgan fingerprint density at radius 2 is 1.18 bits per heavy atom. The smallest absolute Gasteiger partial charge is 0.262 e. The summed E-state index contributed by atoms with van der Waals surface area (Å²) < 4.78 is 30.0. The third-order valence-electron chi connectivity index (χ3n) is 2.27. The number of nitrogens with zero attached hydrogens (tertiary/aromatic N) is 3. The molecule has 1 heterocycles. The first-order chi connectivity index (χ1) is 7.31. The molecule has 0 aromatic carbocycles. The van der Waals surface area contributed by atoms with Crippen molar-refractivity contribution in [3.63, 3.8) is 0 Å². The van der Waals surface area contributed by atoms with Crippen molar-refractivity contribution in [2.45, 2.75) is 52.6 Å². The highest BCUT2D eigenvalue weighted by Gasteiger charge is 2.61. The Bertz CT molecular complexity index is 367. The van der Waals surface area contributed by atoms with Gasteiger partial charge in [-0.15, -0.1) is 8.15 Å². The molecule has 1 fully saturated rings. The first-order valence-electron chi connectivity index (χ1n) is 5.64. The minimum atomic E-state index is -3.32. The van der Waals surface area contributed by atoms with Crippen LogP contribution in [0.3, 0.4) is 0 Å². The van der Waals surface area contributed by atoms with Gasteiger partial charge in [0.25, 0.3) is 10.2 Å². The standard InChI is InChI=1S/C10H24N3O2PS/c1-9(2,3)12-16(11(7)8)13(10(4,5)6)17(12,14)15/h1-8H3. The maximum atomic E-state index is 12.4. The van der Waals surface area contributed by atoms with E-state index in [0.717, 1.165) is 0 Å². The molecule has 0 bridgehead atoms. The quantitative estimate of drug-likeness (QED) is 0.692. The highest BCUT2D eigenvalue weighted by atomic mass is 32.2. The summed E-state index contributed by atoms with van der Waals surface area (Å²) in [6.45, 7) is 11.6. The fourth-order valence-corrected chi connectivity index (χ4v) is 8.02. The van der Waals surface area contributed by atoms with Gasteiger partial charge in [0.2, 0.25) is 0 Å². The predicted molar refractivity (Wildman–Crippen MR) is 72.7 cm³/mol. The topological polar surface area (TPSA) is 43.9 Å². The van der Waals surface area contributed by atoms with Crippen LogP contribution in [0.5, 0.6) is 0 Å². The van der Waals surface area contributed by atoms with Gasteiger partial charge in [-0.2, -0.15) is 8.42 Å². The molecule has 7 heteroatoms. The summed E-state index contributed by atoms with van der Waals surface area (Å²) in [5.41, 5.74) is -0.757. The zero-order chi connectivity index (χ0) is 13.8. The molecule has 17 heavy (non-hydrogen) atoms. The van der Waals surface area contributed by atoms with E-state index >= 15 is 0 Å². The molecule has 1 saturated heterocycles. The van der Waals surface area contributed by atoms with Crippen molar-refractivity contribution in [3.05, 3.63) is 0 Å². The van der Waals surface area contributed by atoms with E-state index in [2.05, 4.69) is 0 Å². The molecule has 102 valence electrons. The lowest BCUT2D eigenvalue weighted by Gasteiger charge is -2.59. The summed E-state index contributed by atoms with van der Waals surface area (Å²) in [7, 11) is -0.398. The molecule has 0 radical (unpaired) electrons. The van der Waals surface area contributed by atoms with Crippen LogP contribution in [0.4, 0.5) is 0 Å². The van der Waals surface area contributed by atoms with Gasteiger partial charge in [0.15, 0.2) is 8.37 Å². The first-order valence-corrected chi connectivity index (χ1v) is 8.24. The number of rotatable bonds is 1. The molecule has 0 N–H and O–H groups in total. The van der Waals surface area contributed by atoms with Crippen molar-refractivity contribution in [1.29, 1.82) is 0 Å². The van der Waals surface area contributed by atoms with Gasteiger partial charge in [0.05, 0.1) is 0 Å². The van der Waals surface area contributed by atoms with Gasteiger partial charge in [-0.3, -0.25) is 4.67 Å². The van der Waals surface area contributed by atoms with Gasteiger partial charge in [-0.05, 0) is 55.6 Å². The lowest BCUT2D eigenvalue weighted by molar-refractivity contribution is 0.240. The summed E-state index contributed by atoms with van der Waals surface area (Å²) in [4.78, 5) is 0. The Kier molecular flexibility index (Phi) is 3.73. The van der Waals surface area contributed by atoms with E-state index in [1.807, 2.05) is 60.3 Å². The van der Waals surface area contributed by atoms with Crippen LogP contribution >= 0.6 is 8.37 Å². The SMILES string of the molecule is CN(C)P1N(C(C)(C)C)S(=O)(=O)N1C(C)(C)C. The minimum absolute atomic E-state index is 0.378. The van der Waals surface area contributed by atoms with Gasteiger partial charge < -0.3 is 0 Å². The third kappa shape index (κ3) is 2.51. The van der Waals surface area contributed by atoms with Gasteiger partial charge >= 0.3 is 0 Å². The third-order valence-corrected chi connectivity index (χ3v) is 8.92. The highest BCUT2D eigenvalue weighted by Crippen LogP contribution is 2.65. The summed E-state index contributed by atoms with van der Waals surface area (Å²) in [6, 6.07) is 0. The Balaban J connectivity index is 3.22. The molecule has 0 atom stereocenters. The van der Waals surface area contributed by atoms with Crippen LogP contribution < -0.4 is 0 Å². The summed E-state index contributed by atoms with van der Waals surface area (Å²) >= 11 is 0. The molecular formula is C10H24N3O2PS. The molecule has 0 aromatic rings. The maximum Gasteiger partial charge on any atom is 0.293 e. The van der Waals surface area contributed by atoms with Crippen molar-refractivity contribution in [3.8, 4) is 0 Å². The number of hydrogen-bond donors (Lipinski definition) is 0. The van der Waals surface area contributed by atoms with Crippen LogP contribution in [-0.2, 0) is 10.2 Å². The Labute approximate surface area is 107 Å². The van der Waals surface area contributed by atoms with E-state index in [4.69, 9.17) is 0 Å². The van der Waals surface area contributed by atoms with E-state index in [1.165, 1.54) is 0 Å². The molecular weight excluding hydrogens is 257 g/mol. The molecule has 0 spiro atoms. The Morgan fingerprint density at radius 1 is 0.882 bits per heavy atom. The normalized spacial score (nSPS) is 24.1. The molecule has 0 aliphatic carbocycles. The van der Waals surface area contributed by atoms with E-state index in [0.29, 0.717) is 0 Å². The van der Waals surface area contributed by atoms with Crippen molar-refractivity contribution in [2.24, 2.45) is 0 Å². The van der Waals surface area contributed by atoms with Crippen LogP contribution in [0.1, 0.15) is 41.5 Å². The maximum absolute atomic E-state index is 12.4. The molecule has 1 aliphatic rings. The summed E-state index contributed by atoms with van der Waals surface area (Å²) in [5, 5.41) is 0. The minimum Gasteiger partial charge on any atom is -0.262 e. The van der Waals surface area contributed by atoms with Gasteiger partial charge in [0, 0.05) is 11.1 Å². The van der Waals surface area contributed by atoms with E-state index in [9.17, 15) is 8.42 Å². The largest absolute Gasteiger partial charge is 0.293 e. The second-order valence-electron chi connectivity index (χ2n) is 6.45. The molecule has 1 rings (SSSR count). The second kappa shape index (κ2) is 4.14. The lowest BCUT2D eigenvalue weighted by Crippen LogP contribution is -2.65. The monoisotopic (exact) mass is 281 g/mol. The van der Waals surface area contributed by atoms with Crippen molar-refractivity contribution >= 4 is 18.6 Å². The van der Waals surface area contributed by atoms with E-state index in [1.54, 1.807) is 8.15 Å². The zero-order valence-corrected chi connectivity index (χ0v) is 13.7. The van der Waals surface area contributed by atoms with Gasteiger partial charge in [0.1, 0.15) is 0 Å². The first kappa shape index (κ1) is 15.3. The van der Waals surface area contributed by atoms with Gasteiger partial charge in [-0.25, -0.2) is 0 Å². The van der Waals surface area contributed by atoms with Crippen LogP contribution in [0.25, 0.3) is 0 Å². The van der Waals surface area contributed by atoms with Crippen LogP contribution in [0, 0.1) is 0 Å². The average Bonchev–Trinajstić information content (AvgIpc) is 1.93. The highest BCUT2D eigenvalue weighted by molar-refractivity contribution is 8.03. The summed E-state index contributed by atoms with van der Waals surface area (Å²) in [5.74, 6) is 0. The number of hydrogen-bond acceptors (Lipinski definition) is 3. The Hall–Kier alpha value is 0.260. The van der Waals surface area contributed by atoms with Crippen molar-refractivity contribution < 1.29 is 8.42 Å². The molecule has 5 nitrogen and oxygen atoms in total. The molecule has 0 amide bonds. The van der Waals surface area contributed by atoms with Crippen LogP contribution in [0.15, 0.2) is 0 Å². The van der Waals surface area contributed by atoms with Gasteiger partial charge in [-0.1, -0.05) is 0 Å². The van der Waals surface area contributed by atoms with Crippen LogP contribution in [0.2, 0.25) is 0 Å². The van der Waals surface area contributed by atoms with E-state index in [-0.39, 0.29) is 11.1 Å². The van der Waals surface area contributed by atoms with E-state index < -0.39 is 18.6 Å². The Morgan fingerprint density at radius 3 is 1.35 bits per heavy atom. The zero-order valence-electron chi connectivity index (χ0n) is 12.0. The molecule has 0 saturated carbocycles. The fourth-order valence-electron chi connectivity index (χ4n) is 1.86. The fraction of sp³-hybridized carbons (Fsp3) is 1.00. The summed E-state index contributed by atoms with van der Waals surface area (Å²) in [6.07, 6.45) is 0. The van der Waals surface area contributed by atoms with Crippen molar-refractivity contribution in [1.82, 2.24) is 12.8 Å².